The summed E-state index contributed by atoms with van der Waals surface area (Å²) in [5.41, 5.74) is 1.18. The van der Waals surface area contributed by atoms with E-state index in [1.807, 2.05) is 13.0 Å². The third-order valence-corrected chi connectivity index (χ3v) is 1.51. The Hall–Kier alpha value is -1.64. The van der Waals surface area contributed by atoms with Crippen molar-refractivity contribution in [3.05, 3.63) is 36.5 Å². The normalized spacial score (nSPS) is 11.4. The zero-order valence-corrected chi connectivity index (χ0v) is 8.54. The van der Waals surface area contributed by atoms with Gasteiger partial charge in [-0.05, 0) is 24.6 Å². The van der Waals surface area contributed by atoms with Crippen molar-refractivity contribution in [3.8, 4) is 0 Å². The number of carbonyl (C=O) groups is 1. The van der Waals surface area contributed by atoms with E-state index in [0.717, 1.165) is 5.57 Å². The molecule has 0 aliphatic rings. The molecule has 1 N–H and O–H groups in total. The molecule has 3 heteroatoms. The SMILES string of the molecule is C=CC(=N)/C=C\C(=C/C)COC(C)=O. The van der Waals surface area contributed by atoms with Gasteiger partial charge in [0, 0.05) is 6.92 Å². The first-order valence-corrected chi connectivity index (χ1v) is 4.27. The maximum Gasteiger partial charge on any atom is 0.302 e. The lowest BCUT2D eigenvalue weighted by molar-refractivity contribution is -0.139. The van der Waals surface area contributed by atoms with Crippen LogP contribution < -0.4 is 0 Å². The van der Waals surface area contributed by atoms with Gasteiger partial charge in [0.15, 0.2) is 0 Å². The molecule has 0 rings (SSSR count). The predicted molar refractivity (Wildman–Crippen MR) is 57.5 cm³/mol. The van der Waals surface area contributed by atoms with Gasteiger partial charge in [-0.2, -0.15) is 0 Å². The fraction of sp³-hybridized carbons (Fsp3) is 0.273. The first-order valence-electron chi connectivity index (χ1n) is 4.27. The highest BCUT2D eigenvalue weighted by Crippen LogP contribution is 1.98. The number of nitrogens with one attached hydrogen (secondary N) is 1. The van der Waals surface area contributed by atoms with Crippen LogP contribution in [0.3, 0.4) is 0 Å². The van der Waals surface area contributed by atoms with Crippen molar-refractivity contribution in [2.45, 2.75) is 13.8 Å². The largest absolute Gasteiger partial charge is 0.461 e. The summed E-state index contributed by atoms with van der Waals surface area (Å²) < 4.78 is 4.81. The summed E-state index contributed by atoms with van der Waals surface area (Å²) in [6.07, 6.45) is 6.60. The van der Waals surface area contributed by atoms with Crippen LogP contribution in [0.4, 0.5) is 0 Å². The van der Waals surface area contributed by atoms with Crippen LogP contribution in [0.2, 0.25) is 0 Å². The monoisotopic (exact) mass is 193 g/mol. The molecule has 0 aliphatic carbocycles. The first-order chi connectivity index (χ1) is 6.60. The lowest BCUT2D eigenvalue weighted by atomic mass is 10.2. The zero-order valence-electron chi connectivity index (χ0n) is 8.54. The topological polar surface area (TPSA) is 50.1 Å². The predicted octanol–water partition coefficient (Wildman–Crippen LogP) is 2.26. The molecule has 0 aliphatic heterocycles. The summed E-state index contributed by atoms with van der Waals surface area (Å²) in [4.78, 5) is 10.5. The highest BCUT2D eigenvalue weighted by molar-refractivity contribution is 6.01. The summed E-state index contributed by atoms with van der Waals surface area (Å²) in [7, 11) is 0. The summed E-state index contributed by atoms with van der Waals surface area (Å²) in [5.74, 6) is -0.309. The van der Waals surface area contributed by atoms with E-state index in [0.29, 0.717) is 5.71 Å². The van der Waals surface area contributed by atoms with Gasteiger partial charge in [-0.25, -0.2) is 0 Å². The number of ether oxygens (including phenoxy) is 1. The molecule has 0 radical (unpaired) electrons. The number of hydrogen-bond acceptors (Lipinski definition) is 3. The molecular weight excluding hydrogens is 178 g/mol. The second kappa shape index (κ2) is 6.83. The van der Waals surface area contributed by atoms with Gasteiger partial charge in [-0.1, -0.05) is 18.7 Å². The Kier molecular flexibility index (Phi) is 6.03. The van der Waals surface area contributed by atoms with Gasteiger partial charge in [-0.3, -0.25) is 4.79 Å². The van der Waals surface area contributed by atoms with E-state index >= 15 is 0 Å². The van der Waals surface area contributed by atoms with Gasteiger partial charge in [0.05, 0.1) is 5.71 Å². The third kappa shape index (κ3) is 5.94. The molecule has 0 amide bonds. The molecule has 14 heavy (non-hydrogen) atoms. The van der Waals surface area contributed by atoms with Crippen LogP contribution in [-0.2, 0) is 9.53 Å². The molecule has 0 unspecified atom stereocenters. The molecule has 0 aromatic heterocycles. The Morgan fingerprint density at radius 2 is 2.14 bits per heavy atom. The fourth-order valence-electron chi connectivity index (χ4n) is 0.677. The molecule has 0 aromatic carbocycles. The minimum Gasteiger partial charge on any atom is -0.461 e. The average molecular weight is 193 g/mol. The average Bonchev–Trinajstić information content (AvgIpc) is 2.17. The van der Waals surface area contributed by atoms with Crippen LogP contribution in [0, 0.1) is 5.41 Å². The van der Waals surface area contributed by atoms with E-state index in [-0.39, 0.29) is 12.6 Å². The summed E-state index contributed by atoms with van der Waals surface area (Å²) in [6.45, 7) is 6.91. The Labute approximate surface area is 84.3 Å². The van der Waals surface area contributed by atoms with Crippen LogP contribution in [0.5, 0.6) is 0 Å². The van der Waals surface area contributed by atoms with Crippen molar-refractivity contribution in [1.82, 2.24) is 0 Å². The standard InChI is InChI=1S/C11H15NO2/c1-4-10(8-14-9(3)13)6-7-11(12)5-2/h4-7,12H,2,8H2,1,3H3/b7-6-,10-4+,12-11?. The molecule has 0 atom stereocenters. The molecule has 3 nitrogen and oxygen atoms in total. The van der Waals surface area contributed by atoms with Gasteiger partial charge in [0.2, 0.25) is 0 Å². The Morgan fingerprint density at radius 3 is 2.57 bits per heavy atom. The van der Waals surface area contributed by atoms with E-state index in [4.69, 9.17) is 10.1 Å². The summed E-state index contributed by atoms with van der Waals surface area (Å²) in [5, 5.41) is 7.28. The summed E-state index contributed by atoms with van der Waals surface area (Å²) >= 11 is 0. The molecule has 0 spiro atoms. The van der Waals surface area contributed by atoms with Crippen molar-refractivity contribution in [1.29, 1.82) is 5.41 Å². The first kappa shape index (κ1) is 12.4. The van der Waals surface area contributed by atoms with E-state index in [9.17, 15) is 4.79 Å². The van der Waals surface area contributed by atoms with Crippen LogP contribution in [-0.4, -0.2) is 18.3 Å². The Morgan fingerprint density at radius 1 is 1.50 bits per heavy atom. The highest BCUT2D eigenvalue weighted by Gasteiger charge is 1.95. The second-order valence-electron chi connectivity index (χ2n) is 2.64. The molecular formula is C11H15NO2. The Balaban J connectivity index is 4.17. The molecule has 0 bridgehead atoms. The van der Waals surface area contributed by atoms with Crippen LogP contribution >= 0.6 is 0 Å². The van der Waals surface area contributed by atoms with Crippen LogP contribution in [0.15, 0.2) is 36.5 Å². The number of rotatable bonds is 5. The fourth-order valence-corrected chi connectivity index (χ4v) is 0.677. The minimum atomic E-state index is -0.309. The molecule has 0 heterocycles. The van der Waals surface area contributed by atoms with Gasteiger partial charge in [0.25, 0.3) is 0 Å². The minimum absolute atomic E-state index is 0.243. The van der Waals surface area contributed by atoms with Gasteiger partial charge in [-0.15, -0.1) is 0 Å². The van der Waals surface area contributed by atoms with E-state index in [1.54, 1.807) is 12.2 Å². The van der Waals surface area contributed by atoms with Crippen molar-refractivity contribution in [2.75, 3.05) is 6.61 Å². The van der Waals surface area contributed by atoms with E-state index in [2.05, 4.69) is 6.58 Å². The third-order valence-electron chi connectivity index (χ3n) is 1.51. The molecule has 0 saturated carbocycles. The van der Waals surface area contributed by atoms with Crippen LogP contribution in [0.25, 0.3) is 0 Å². The number of carbonyl (C=O) groups excluding carboxylic acids is 1. The number of hydrogen-bond donors (Lipinski definition) is 1. The second-order valence-corrected chi connectivity index (χ2v) is 2.64. The van der Waals surface area contributed by atoms with Crippen molar-refractivity contribution < 1.29 is 9.53 Å². The Bertz CT molecular complexity index is 288. The quantitative estimate of drug-likeness (QED) is 0.413. The van der Waals surface area contributed by atoms with E-state index < -0.39 is 0 Å². The zero-order chi connectivity index (χ0) is 11.0. The lowest BCUT2D eigenvalue weighted by Crippen LogP contribution is -2.02. The highest BCUT2D eigenvalue weighted by atomic mass is 16.5. The number of allylic oxidation sites excluding steroid dienone is 3. The lowest BCUT2D eigenvalue weighted by Gasteiger charge is -2.01. The smallest absolute Gasteiger partial charge is 0.302 e. The molecule has 76 valence electrons. The van der Waals surface area contributed by atoms with Crippen molar-refractivity contribution in [3.63, 3.8) is 0 Å². The molecule has 0 fully saturated rings. The van der Waals surface area contributed by atoms with Crippen molar-refractivity contribution >= 4 is 11.7 Å². The van der Waals surface area contributed by atoms with Gasteiger partial charge >= 0.3 is 5.97 Å². The van der Waals surface area contributed by atoms with E-state index in [1.165, 1.54) is 13.0 Å². The van der Waals surface area contributed by atoms with Gasteiger partial charge < -0.3 is 10.1 Å². The molecule has 0 saturated heterocycles. The molecule has 0 aromatic rings. The summed E-state index contributed by atoms with van der Waals surface area (Å²) in [6, 6.07) is 0. The van der Waals surface area contributed by atoms with Crippen LogP contribution in [0.1, 0.15) is 13.8 Å². The maximum absolute atomic E-state index is 10.5. The maximum atomic E-state index is 10.5. The number of esters is 1. The van der Waals surface area contributed by atoms with Crippen molar-refractivity contribution in [2.24, 2.45) is 0 Å². The van der Waals surface area contributed by atoms with Gasteiger partial charge in [0.1, 0.15) is 6.61 Å².